The fraction of sp³-hybridized carbons (Fsp3) is 0.286. The van der Waals surface area contributed by atoms with Crippen LogP contribution in [0, 0.1) is 0 Å². The first-order chi connectivity index (χ1) is 16.1. The third-order valence-electron chi connectivity index (χ3n) is 5.57. The molecule has 0 amide bonds. The summed E-state index contributed by atoms with van der Waals surface area (Å²) in [6.45, 7) is 3.20. The van der Waals surface area contributed by atoms with Crippen LogP contribution in [0.3, 0.4) is 0 Å². The van der Waals surface area contributed by atoms with Crippen LogP contribution < -0.4 is 10.2 Å². The summed E-state index contributed by atoms with van der Waals surface area (Å²) in [5, 5.41) is 8.33. The zero-order valence-corrected chi connectivity index (χ0v) is 18.6. The number of hydrogen-bond acceptors (Lipinski definition) is 8. The number of imidazole rings is 2. The number of ether oxygens (including phenoxy) is 1. The summed E-state index contributed by atoms with van der Waals surface area (Å²) in [7, 11) is 1.88. The van der Waals surface area contributed by atoms with Crippen LogP contribution in [0.1, 0.15) is 5.82 Å². The molecule has 0 unspecified atom stereocenters. The number of benzene rings is 1. The lowest BCUT2D eigenvalue weighted by Crippen LogP contribution is -2.37. The van der Waals surface area contributed by atoms with Gasteiger partial charge < -0.3 is 19.9 Å². The maximum Gasteiger partial charge on any atom is 0.229 e. The third-order valence-corrected chi connectivity index (χ3v) is 5.80. The second-order valence-corrected chi connectivity index (χ2v) is 8.27. The van der Waals surface area contributed by atoms with E-state index in [1.807, 2.05) is 36.0 Å². The minimum absolute atomic E-state index is 0.445. The van der Waals surface area contributed by atoms with Gasteiger partial charge in [-0.1, -0.05) is 11.6 Å². The van der Waals surface area contributed by atoms with E-state index in [-0.39, 0.29) is 0 Å². The van der Waals surface area contributed by atoms with Crippen molar-refractivity contribution in [2.24, 2.45) is 7.05 Å². The number of morpholine rings is 1. The highest BCUT2D eigenvalue weighted by molar-refractivity contribution is 6.31. The van der Waals surface area contributed by atoms with Gasteiger partial charge in [-0.15, -0.1) is 0 Å². The highest BCUT2D eigenvalue weighted by atomic mass is 35.5. The quantitative estimate of drug-likeness (QED) is 0.408. The summed E-state index contributed by atoms with van der Waals surface area (Å²) in [4.78, 5) is 24.3. The van der Waals surface area contributed by atoms with Gasteiger partial charge in [-0.3, -0.25) is 9.25 Å². The molecule has 5 aromatic rings. The highest BCUT2D eigenvalue weighted by Crippen LogP contribution is 2.26. The average Bonchev–Trinajstić information content (AvgIpc) is 3.55. The summed E-state index contributed by atoms with van der Waals surface area (Å²) < 4.78 is 9.17. The summed E-state index contributed by atoms with van der Waals surface area (Å²) in [5.74, 6) is 2.05. The van der Waals surface area contributed by atoms with Crippen molar-refractivity contribution in [2.75, 3.05) is 36.5 Å². The maximum atomic E-state index is 6.10. The van der Waals surface area contributed by atoms with Crippen molar-refractivity contribution in [3.63, 3.8) is 0 Å². The number of aromatic nitrogens is 8. The van der Waals surface area contributed by atoms with Gasteiger partial charge in [-0.2, -0.15) is 15.1 Å². The lowest BCUT2D eigenvalue weighted by Gasteiger charge is -2.27. The number of aromatic amines is 1. The minimum atomic E-state index is 0.445. The zero-order chi connectivity index (χ0) is 22.4. The number of aryl methyl sites for hydroxylation is 1. The van der Waals surface area contributed by atoms with Gasteiger partial charge >= 0.3 is 0 Å². The number of hydrogen-bond donors (Lipinski definition) is 2. The molecule has 0 spiro atoms. The van der Waals surface area contributed by atoms with Crippen LogP contribution in [0.2, 0.25) is 5.02 Å². The summed E-state index contributed by atoms with van der Waals surface area (Å²) in [5.41, 5.74) is 4.01. The van der Waals surface area contributed by atoms with E-state index in [1.165, 1.54) is 0 Å². The van der Waals surface area contributed by atoms with Gasteiger partial charge in [0.15, 0.2) is 17.0 Å². The van der Waals surface area contributed by atoms with Crippen LogP contribution in [0.15, 0.2) is 36.9 Å². The molecule has 1 aliphatic rings. The Morgan fingerprint density at radius 1 is 1.18 bits per heavy atom. The Hall–Kier alpha value is -3.70. The van der Waals surface area contributed by atoms with Gasteiger partial charge in [0.1, 0.15) is 12.2 Å². The van der Waals surface area contributed by atoms with Crippen LogP contribution in [-0.2, 0) is 18.3 Å². The van der Waals surface area contributed by atoms with Crippen LogP contribution in [0.4, 0.5) is 11.8 Å². The van der Waals surface area contributed by atoms with E-state index in [9.17, 15) is 0 Å². The van der Waals surface area contributed by atoms with Gasteiger partial charge in [0, 0.05) is 31.4 Å². The standard InChI is InChI=1S/C21H21ClN10O/c1-30-11-14(9-25-30)32-12-24-18-19(28-21(29-20(18)32)31-4-6-33-7-5-31)23-10-17-26-15-3-2-13(22)8-16(15)27-17/h2-3,8-9,11-12H,4-7,10H2,1H3,(H,26,27)(H,23,28,29). The molecule has 5 heterocycles. The molecule has 11 nitrogen and oxygen atoms in total. The van der Waals surface area contributed by atoms with Crippen molar-refractivity contribution in [3.05, 3.63) is 47.8 Å². The molecule has 0 atom stereocenters. The molecule has 0 radical (unpaired) electrons. The first-order valence-corrected chi connectivity index (χ1v) is 11.0. The first kappa shape index (κ1) is 19.9. The molecule has 1 fully saturated rings. The molecule has 1 aromatic carbocycles. The normalized spacial score (nSPS) is 14.4. The molecule has 12 heteroatoms. The van der Waals surface area contributed by atoms with Crippen molar-refractivity contribution < 1.29 is 4.74 Å². The lowest BCUT2D eigenvalue weighted by atomic mass is 10.3. The number of anilines is 2. The molecule has 2 N–H and O–H groups in total. The second kappa shape index (κ2) is 8.01. The molecule has 4 aromatic heterocycles. The zero-order valence-electron chi connectivity index (χ0n) is 17.9. The van der Waals surface area contributed by atoms with Gasteiger partial charge in [0.2, 0.25) is 5.95 Å². The topological polar surface area (TPSA) is 115 Å². The number of nitrogens with one attached hydrogen (secondary N) is 2. The smallest absolute Gasteiger partial charge is 0.229 e. The average molecular weight is 465 g/mol. The molecule has 1 aliphatic heterocycles. The van der Waals surface area contributed by atoms with E-state index in [4.69, 9.17) is 26.3 Å². The monoisotopic (exact) mass is 464 g/mol. The fourth-order valence-electron chi connectivity index (χ4n) is 3.92. The first-order valence-electron chi connectivity index (χ1n) is 10.6. The Morgan fingerprint density at radius 2 is 2.06 bits per heavy atom. The van der Waals surface area contributed by atoms with Gasteiger partial charge in [0.05, 0.1) is 42.7 Å². The molecular weight excluding hydrogens is 444 g/mol. The number of halogens is 1. The van der Waals surface area contributed by atoms with E-state index >= 15 is 0 Å². The molecule has 33 heavy (non-hydrogen) atoms. The maximum absolute atomic E-state index is 6.10. The molecule has 0 saturated carbocycles. The molecule has 0 bridgehead atoms. The number of nitrogens with zero attached hydrogens (tertiary/aromatic N) is 8. The Bertz CT molecular complexity index is 1450. The molecular formula is C21H21ClN10O. The predicted octanol–water partition coefficient (Wildman–Crippen LogP) is 2.53. The number of rotatable bonds is 5. The van der Waals surface area contributed by atoms with Crippen molar-refractivity contribution in [3.8, 4) is 5.69 Å². The lowest BCUT2D eigenvalue weighted by molar-refractivity contribution is 0.122. The van der Waals surface area contributed by atoms with Gasteiger partial charge in [-0.25, -0.2) is 9.97 Å². The Kier molecular flexibility index (Phi) is 4.84. The van der Waals surface area contributed by atoms with Crippen molar-refractivity contribution >= 4 is 45.6 Å². The SMILES string of the molecule is Cn1cc(-n2cnc3c(NCc4nc5cc(Cl)ccc5[nH]4)nc(N4CCOCC4)nc32)cn1. The van der Waals surface area contributed by atoms with Crippen LogP contribution in [-0.4, -0.2) is 65.6 Å². The Labute approximate surface area is 193 Å². The molecule has 1 saturated heterocycles. The van der Waals surface area contributed by atoms with Gasteiger partial charge in [0.25, 0.3) is 0 Å². The molecule has 6 rings (SSSR count). The fourth-order valence-corrected chi connectivity index (χ4v) is 4.09. The molecule has 168 valence electrons. The van der Waals surface area contributed by atoms with E-state index in [0.717, 1.165) is 35.6 Å². The van der Waals surface area contributed by atoms with Crippen LogP contribution in [0.25, 0.3) is 27.9 Å². The Morgan fingerprint density at radius 3 is 2.88 bits per heavy atom. The minimum Gasteiger partial charge on any atom is -0.378 e. The van der Waals surface area contributed by atoms with E-state index in [0.29, 0.717) is 47.7 Å². The number of H-pyrrole nitrogens is 1. The third kappa shape index (κ3) is 3.74. The summed E-state index contributed by atoms with van der Waals surface area (Å²) >= 11 is 6.10. The van der Waals surface area contributed by atoms with Crippen molar-refractivity contribution in [1.82, 2.24) is 39.3 Å². The van der Waals surface area contributed by atoms with E-state index in [1.54, 1.807) is 17.2 Å². The summed E-state index contributed by atoms with van der Waals surface area (Å²) in [6, 6.07) is 5.60. The predicted molar refractivity (Wildman–Crippen MR) is 125 cm³/mol. The van der Waals surface area contributed by atoms with Gasteiger partial charge in [-0.05, 0) is 18.2 Å². The largest absolute Gasteiger partial charge is 0.378 e. The van der Waals surface area contributed by atoms with Crippen molar-refractivity contribution in [1.29, 1.82) is 0 Å². The van der Waals surface area contributed by atoms with Crippen LogP contribution >= 0.6 is 11.6 Å². The Balaban J connectivity index is 1.39. The van der Waals surface area contributed by atoms with E-state index < -0.39 is 0 Å². The van der Waals surface area contributed by atoms with E-state index in [2.05, 4.69) is 30.3 Å². The van der Waals surface area contributed by atoms with Crippen LogP contribution in [0.5, 0.6) is 0 Å². The summed E-state index contributed by atoms with van der Waals surface area (Å²) in [6.07, 6.45) is 5.45. The van der Waals surface area contributed by atoms with Crippen molar-refractivity contribution in [2.45, 2.75) is 6.54 Å². The number of fused-ring (bicyclic) bond motifs is 2. The second-order valence-electron chi connectivity index (χ2n) is 7.83. The molecule has 0 aliphatic carbocycles. The highest BCUT2D eigenvalue weighted by Gasteiger charge is 2.20.